The van der Waals surface area contributed by atoms with Gasteiger partial charge >= 0.3 is 7.82 Å². The third kappa shape index (κ3) is 56.8. The van der Waals surface area contributed by atoms with E-state index in [0.29, 0.717) is 23.9 Å². The lowest BCUT2D eigenvalue weighted by atomic mass is 10.0. The highest BCUT2D eigenvalue weighted by molar-refractivity contribution is 7.47. The number of rotatable bonds is 59. The molecule has 8 nitrogen and oxygen atoms in total. The van der Waals surface area contributed by atoms with Gasteiger partial charge in [0.15, 0.2) is 0 Å². The van der Waals surface area contributed by atoms with E-state index in [1.165, 1.54) is 263 Å². The highest BCUT2D eigenvalue weighted by Gasteiger charge is 2.28. The lowest BCUT2D eigenvalue weighted by Gasteiger charge is -2.26. The first kappa shape index (κ1) is 70.2. The molecule has 424 valence electrons. The molecule has 0 heterocycles. The lowest BCUT2D eigenvalue weighted by molar-refractivity contribution is -0.870. The van der Waals surface area contributed by atoms with Crippen LogP contribution in [0.3, 0.4) is 0 Å². The first-order valence-electron chi connectivity index (χ1n) is 31.6. The second-order valence-corrected chi connectivity index (χ2v) is 24.6. The van der Waals surface area contributed by atoms with Crippen molar-refractivity contribution in [2.75, 3.05) is 40.9 Å². The van der Waals surface area contributed by atoms with Gasteiger partial charge in [0, 0.05) is 6.42 Å². The topological polar surface area (TPSA) is 105 Å². The molecule has 0 aromatic heterocycles. The molecule has 1 amide bonds. The number of quaternary nitrogens is 1. The van der Waals surface area contributed by atoms with Crippen molar-refractivity contribution in [1.82, 2.24) is 5.32 Å². The molecule has 0 fully saturated rings. The zero-order chi connectivity index (χ0) is 52.0. The summed E-state index contributed by atoms with van der Waals surface area (Å²) < 4.78 is 23.8. The van der Waals surface area contributed by atoms with Crippen LogP contribution in [-0.2, 0) is 18.4 Å². The Morgan fingerprint density at radius 2 is 0.761 bits per heavy atom. The van der Waals surface area contributed by atoms with Crippen LogP contribution in [0.1, 0.15) is 328 Å². The fraction of sp³-hybridized carbons (Fsp3) is 0.952. The van der Waals surface area contributed by atoms with Gasteiger partial charge < -0.3 is 19.8 Å². The van der Waals surface area contributed by atoms with Crippen molar-refractivity contribution in [3.8, 4) is 0 Å². The minimum atomic E-state index is -4.32. The van der Waals surface area contributed by atoms with Crippen molar-refractivity contribution in [2.24, 2.45) is 0 Å². The highest BCUT2D eigenvalue weighted by Crippen LogP contribution is 2.43. The number of hydrogen-bond acceptors (Lipinski definition) is 5. The largest absolute Gasteiger partial charge is 0.472 e. The zero-order valence-corrected chi connectivity index (χ0v) is 49.4. The van der Waals surface area contributed by atoms with Crippen molar-refractivity contribution in [3.63, 3.8) is 0 Å². The average Bonchev–Trinajstić information content (AvgIpc) is 3.33. The fourth-order valence-electron chi connectivity index (χ4n) is 9.81. The molecule has 0 aliphatic carbocycles. The van der Waals surface area contributed by atoms with Crippen LogP contribution in [-0.4, -0.2) is 73.4 Å². The molecule has 9 heteroatoms. The van der Waals surface area contributed by atoms with Crippen LogP contribution in [0.25, 0.3) is 0 Å². The number of hydrogen-bond donors (Lipinski definition) is 3. The molecule has 3 unspecified atom stereocenters. The maximum atomic E-state index is 13.0. The van der Waals surface area contributed by atoms with Crippen molar-refractivity contribution < 1.29 is 32.9 Å². The number of nitrogens with one attached hydrogen (secondary N) is 1. The number of aliphatic hydroxyl groups is 1. The van der Waals surface area contributed by atoms with Crippen LogP contribution in [0.4, 0.5) is 0 Å². The summed E-state index contributed by atoms with van der Waals surface area (Å²) in [6.45, 7) is 4.93. The van der Waals surface area contributed by atoms with E-state index in [4.69, 9.17) is 9.05 Å². The van der Waals surface area contributed by atoms with Crippen molar-refractivity contribution in [1.29, 1.82) is 0 Å². The highest BCUT2D eigenvalue weighted by atomic mass is 31.2. The van der Waals surface area contributed by atoms with Crippen molar-refractivity contribution in [2.45, 2.75) is 341 Å². The van der Waals surface area contributed by atoms with Gasteiger partial charge in [-0.2, -0.15) is 0 Å². The second kappa shape index (κ2) is 54.0. The van der Waals surface area contributed by atoms with Gasteiger partial charge in [-0.15, -0.1) is 0 Å². The molecule has 71 heavy (non-hydrogen) atoms. The Morgan fingerprint density at radius 3 is 1.08 bits per heavy atom. The van der Waals surface area contributed by atoms with Gasteiger partial charge in [0.05, 0.1) is 39.9 Å². The number of carbonyl (C=O) groups excluding carboxylic acids is 1. The summed E-state index contributed by atoms with van der Waals surface area (Å²) in [5.74, 6) is -0.143. The number of phosphoric acid groups is 1. The summed E-state index contributed by atoms with van der Waals surface area (Å²) in [5, 5.41) is 14.1. The Balaban J connectivity index is 4.00. The van der Waals surface area contributed by atoms with Gasteiger partial charge in [-0.05, 0) is 38.5 Å². The molecule has 0 aliphatic rings. The Hall–Kier alpha value is -0.760. The zero-order valence-electron chi connectivity index (χ0n) is 48.5. The number of likely N-dealkylation sites (N-methyl/N-ethyl adjacent to an activating group) is 1. The number of allylic oxidation sites excluding steroid dienone is 2. The minimum Gasteiger partial charge on any atom is -0.391 e. The van der Waals surface area contributed by atoms with E-state index in [-0.39, 0.29) is 19.1 Å². The quantitative estimate of drug-likeness (QED) is 0.0243. The molecule has 0 aromatic rings. The lowest BCUT2D eigenvalue weighted by Crippen LogP contribution is -2.46. The van der Waals surface area contributed by atoms with Gasteiger partial charge in [0.1, 0.15) is 13.2 Å². The van der Waals surface area contributed by atoms with E-state index in [1.54, 1.807) is 0 Å². The Kier molecular flexibility index (Phi) is 53.5. The average molecular weight is 1030 g/mol. The van der Waals surface area contributed by atoms with Gasteiger partial charge in [0.2, 0.25) is 5.91 Å². The van der Waals surface area contributed by atoms with Crippen LogP contribution in [0.15, 0.2) is 12.2 Å². The summed E-state index contributed by atoms with van der Waals surface area (Å²) in [7, 11) is 1.63. The third-order valence-corrected chi connectivity index (χ3v) is 15.7. The van der Waals surface area contributed by atoms with Crippen molar-refractivity contribution in [3.05, 3.63) is 12.2 Å². The van der Waals surface area contributed by atoms with E-state index in [2.05, 4.69) is 31.3 Å². The number of aliphatic hydroxyl groups excluding tert-OH is 1. The molecule has 0 saturated heterocycles. The number of carbonyl (C=O) groups is 1. The Labute approximate surface area is 443 Å². The van der Waals surface area contributed by atoms with E-state index in [1.807, 2.05) is 21.1 Å². The summed E-state index contributed by atoms with van der Waals surface area (Å²) in [5.41, 5.74) is 0. The number of nitrogens with zero attached hydrogens (tertiary/aromatic N) is 1. The Morgan fingerprint density at radius 1 is 0.465 bits per heavy atom. The molecule has 0 aromatic carbocycles. The second-order valence-electron chi connectivity index (χ2n) is 23.1. The first-order valence-corrected chi connectivity index (χ1v) is 33.0. The van der Waals surface area contributed by atoms with Crippen LogP contribution in [0.2, 0.25) is 0 Å². The molecule has 0 radical (unpaired) electrons. The molecule has 3 N–H and O–H groups in total. The summed E-state index contributed by atoms with van der Waals surface area (Å²) >= 11 is 0. The van der Waals surface area contributed by atoms with Crippen LogP contribution < -0.4 is 5.32 Å². The van der Waals surface area contributed by atoms with E-state index < -0.39 is 20.0 Å². The van der Waals surface area contributed by atoms with Gasteiger partial charge in [-0.1, -0.05) is 296 Å². The van der Waals surface area contributed by atoms with Gasteiger partial charge in [-0.3, -0.25) is 13.8 Å². The molecular weight excluding hydrogens is 900 g/mol. The third-order valence-electron chi connectivity index (χ3n) is 14.8. The standard InChI is InChI=1S/C62H125N2O6P/c1-6-8-10-12-14-16-18-20-22-24-25-26-27-28-29-30-31-32-33-34-35-36-37-38-40-41-43-45-47-49-51-53-55-61(65)60(59-70-71(67,68)69-58-57-64(3,4)5)63-62(66)56-54-52-50-48-46-44-42-39-23-21-19-17-15-13-11-9-7-2/h21,23,60-61,65H,6-20,22,24-59H2,1-5H3,(H-,63,66,67,68)/p+1/b23-21-. The number of phosphoric ester groups is 1. The van der Waals surface area contributed by atoms with Crippen LogP contribution >= 0.6 is 7.82 Å². The normalized spacial score (nSPS) is 13.8. The van der Waals surface area contributed by atoms with Crippen LogP contribution in [0.5, 0.6) is 0 Å². The fourth-order valence-corrected chi connectivity index (χ4v) is 10.5. The predicted molar refractivity (Wildman–Crippen MR) is 309 cm³/mol. The SMILES string of the molecule is CCCCCCCC/C=C\CCCCCCCCCC(=O)NC(COP(=O)(O)OCC[N+](C)(C)C)C(O)CCCCCCCCCCCCCCCCCCCCCCCCCCCCCCCCCC. The minimum absolute atomic E-state index is 0.0763. The van der Waals surface area contributed by atoms with Crippen molar-refractivity contribution >= 4 is 13.7 Å². The Bertz CT molecular complexity index is 1160. The van der Waals surface area contributed by atoms with Gasteiger partial charge in [0.25, 0.3) is 0 Å². The van der Waals surface area contributed by atoms with Crippen LogP contribution in [0, 0.1) is 0 Å². The molecule has 0 spiro atoms. The summed E-state index contributed by atoms with van der Waals surface area (Å²) in [4.78, 5) is 23.3. The maximum absolute atomic E-state index is 13.0. The molecular formula is C62H126N2O6P+. The van der Waals surface area contributed by atoms with E-state index in [0.717, 1.165) is 38.5 Å². The smallest absolute Gasteiger partial charge is 0.391 e. The molecule has 0 bridgehead atoms. The molecule has 0 saturated carbocycles. The predicted octanol–water partition coefficient (Wildman–Crippen LogP) is 19.4. The first-order chi connectivity index (χ1) is 34.5. The van der Waals surface area contributed by atoms with Gasteiger partial charge in [-0.25, -0.2) is 4.57 Å². The number of unbranched alkanes of at least 4 members (excludes halogenated alkanes) is 44. The summed E-state index contributed by atoms with van der Waals surface area (Å²) in [6, 6.07) is -0.761. The molecule has 0 rings (SSSR count). The molecule has 0 aliphatic heterocycles. The monoisotopic (exact) mass is 1030 g/mol. The summed E-state index contributed by atoms with van der Waals surface area (Å²) in [6.07, 6.45) is 67.2. The van der Waals surface area contributed by atoms with E-state index in [9.17, 15) is 19.4 Å². The van der Waals surface area contributed by atoms with E-state index >= 15 is 0 Å². The number of amides is 1. The maximum Gasteiger partial charge on any atom is 0.472 e. The molecule has 3 atom stereocenters.